The molecular formula is C15H22N2O2. The van der Waals surface area contributed by atoms with Gasteiger partial charge in [0.1, 0.15) is 5.75 Å². The van der Waals surface area contributed by atoms with Crippen molar-refractivity contribution in [2.75, 3.05) is 26.7 Å². The van der Waals surface area contributed by atoms with E-state index >= 15 is 0 Å². The molecule has 0 aliphatic carbocycles. The van der Waals surface area contributed by atoms with Crippen LogP contribution in [0.5, 0.6) is 5.75 Å². The molecule has 1 aromatic rings. The molecule has 1 amide bonds. The number of carbonyl (C=O) groups is 1. The van der Waals surface area contributed by atoms with Gasteiger partial charge in [0.05, 0.1) is 13.0 Å². The van der Waals surface area contributed by atoms with Crippen molar-refractivity contribution < 1.29 is 9.53 Å². The van der Waals surface area contributed by atoms with Gasteiger partial charge in [-0.1, -0.05) is 12.1 Å². The molecule has 2 N–H and O–H groups in total. The average molecular weight is 262 g/mol. The van der Waals surface area contributed by atoms with Gasteiger partial charge in [0.2, 0.25) is 5.91 Å². The number of hydrogen-bond donors (Lipinski definition) is 2. The van der Waals surface area contributed by atoms with E-state index in [1.165, 1.54) is 5.56 Å². The van der Waals surface area contributed by atoms with Gasteiger partial charge in [0.25, 0.3) is 0 Å². The van der Waals surface area contributed by atoms with Crippen molar-refractivity contribution in [3.05, 3.63) is 29.8 Å². The number of nitrogens with one attached hydrogen (secondary N) is 2. The lowest BCUT2D eigenvalue weighted by atomic mass is 10.1. The van der Waals surface area contributed by atoms with Crippen LogP contribution in [-0.4, -0.2) is 32.7 Å². The highest BCUT2D eigenvalue weighted by Gasteiger charge is 2.21. The number of carbonyl (C=O) groups excluding carboxylic acids is 1. The normalized spacial score (nSPS) is 18.3. The fourth-order valence-electron chi connectivity index (χ4n) is 2.35. The Morgan fingerprint density at radius 2 is 2.42 bits per heavy atom. The maximum absolute atomic E-state index is 11.8. The van der Waals surface area contributed by atoms with Gasteiger partial charge in [-0.3, -0.25) is 4.79 Å². The van der Waals surface area contributed by atoms with Crippen molar-refractivity contribution in [1.29, 1.82) is 0 Å². The van der Waals surface area contributed by atoms with Gasteiger partial charge in [-0.2, -0.15) is 0 Å². The summed E-state index contributed by atoms with van der Waals surface area (Å²) >= 11 is 0. The quantitative estimate of drug-likeness (QED) is 0.761. The molecule has 2 rings (SSSR count). The van der Waals surface area contributed by atoms with Gasteiger partial charge >= 0.3 is 0 Å². The van der Waals surface area contributed by atoms with E-state index in [-0.39, 0.29) is 11.8 Å². The van der Waals surface area contributed by atoms with Gasteiger partial charge in [-0.25, -0.2) is 0 Å². The number of aryl methyl sites for hydroxylation is 1. The zero-order valence-corrected chi connectivity index (χ0v) is 11.4. The summed E-state index contributed by atoms with van der Waals surface area (Å²) in [6.07, 6.45) is 2.88. The summed E-state index contributed by atoms with van der Waals surface area (Å²) in [7, 11) is 1.68. The summed E-state index contributed by atoms with van der Waals surface area (Å²) in [5.41, 5.74) is 1.25. The number of benzene rings is 1. The third-order valence-corrected chi connectivity index (χ3v) is 3.51. The second-order valence-corrected chi connectivity index (χ2v) is 4.94. The molecule has 104 valence electrons. The number of methoxy groups -OCH3 is 1. The zero-order chi connectivity index (χ0) is 13.5. The second-order valence-electron chi connectivity index (χ2n) is 4.94. The van der Waals surface area contributed by atoms with E-state index in [1.807, 2.05) is 18.2 Å². The van der Waals surface area contributed by atoms with Crippen molar-refractivity contribution >= 4 is 5.91 Å². The lowest BCUT2D eigenvalue weighted by Crippen LogP contribution is -2.32. The molecule has 1 saturated heterocycles. The number of hydrogen-bond acceptors (Lipinski definition) is 3. The van der Waals surface area contributed by atoms with E-state index in [0.29, 0.717) is 0 Å². The van der Waals surface area contributed by atoms with Crippen LogP contribution in [0.15, 0.2) is 24.3 Å². The summed E-state index contributed by atoms with van der Waals surface area (Å²) < 4.78 is 5.19. The molecule has 0 saturated carbocycles. The SMILES string of the molecule is COc1cccc(CCCNC(=O)C2CCNC2)c1. The van der Waals surface area contributed by atoms with Crippen molar-refractivity contribution in [1.82, 2.24) is 10.6 Å². The second kappa shape index (κ2) is 7.14. The highest BCUT2D eigenvalue weighted by molar-refractivity contribution is 5.79. The molecule has 0 spiro atoms. The molecule has 1 heterocycles. The lowest BCUT2D eigenvalue weighted by Gasteiger charge is -2.10. The van der Waals surface area contributed by atoms with E-state index in [2.05, 4.69) is 16.7 Å². The Hall–Kier alpha value is -1.55. The molecule has 1 fully saturated rings. The van der Waals surface area contributed by atoms with Gasteiger partial charge in [0, 0.05) is 13.1 Å². The zero-order valence-electron chi connectivity index (χ0n) is 11.4. The minimum Gasteiger partial charge on any atom is -0.497 e. The summed E-state index contributed by atoms with van der Waals surface area (Å²) in [6.45, 7) is 2.52. The van der Waals surface area contributed by atoms with Crippen molar-refractivity contribution in [2.45, 2.75) is 19.3 Å². The predicted molar refractivity (Wildman–Crippen MR) is 75.3 cm³/mol. The van der Waals surface area contributed by atoms with Gasteiger partial charge in [-0.05, 0) is 43.5 Å². The largest absolute Gasteiger partial charge is 0.497 e. The van der Waals surface area contributed by atoms with Crippen LogP contribution in [0.25, 0.3) is 0 Å². The molecule has 4 heteroatoms. The van der Waals surface area contributed by atoms with Gasteiger partial charge < -0.3 is 15.4 Å². The Bertz CT molecular complexity index is 414. The Labute approximate surface area is 114 Å². The van der Waals surface area contributed by atoms with E-state index in [0.717, 1.165) is 44.6 Å². The minimum atomic E-state index is 0.164. The number of ether oxygens (including phenoxy) is 1. The fraction of sp³-hybridized carbons (Fsp3) is 0.533. The van der Waals surface area contributed by atoms with Gasteiger partial charge in [0.15, 0.2) is 0 Å². The molecular weight excluding hydrogens is 240 g/mol. The molecule has 1 aliphatic heterocycles. The van der Waals surface area contributed by atoms with Crippen LogP contribution in [0.1, 0.15) is 18.4 Å². The van der Waals surface area contributed by atoms with Crippen LogP contribution < -0.4 is 15.4 Å². The summed E-state index contributed by atoms with van der Waals surface area (Å²) in [6, 6.07) is 8.07. The van der Waals surface area contributed by atoms with Crippen LogP contribution in [0.4, 0.5) is 0 Å². The Balaban J connectivity index is 1.67. The van der Waals surface area contributed by atoms with Crippen LogP contribution in [-0.2, 0) is 11.2 Å². The molecule has 19 heavy (non-hydrogen) atoms. The highest BCUT2D eigenvalue weighted by atomic mass is 16.5. The Morgan fingerprint density at radius 3 is 3.16 bits per heavy atom. The first-order valence-electron chi connectivity index (χ1n) is 6.91. The molecule has 0 bridgehead atoms. The van der Waals surface area contributed by atoms with Crippen LogP contribution in [0.3, 0.4) is 0 Å². The van der Waals surface area contributed by atoms with Crippen LogP contribution >= 0.6 is 0 Å². The number of rotatable bonds is 6. The molecule has 1 unspecified atom stereocenters. The first kappa shape index (κ1) is 13.9. The number of amides is 1. The molecule has 0 aromatic heterocycles. The smallest absolute Gasteiger partial charge is 0.224 e. The predicted octanol–water partition coefficient (Wildman–Crippen LogP) is 1.35. The molecule has 4 nitrogen and oxygen atoms in total. The molecule has 1 atom stereocenters. The lowest BCUT2D eigenvalue weighted by molar-refractivity contribution is -0.124. The Kier molecular flexibility index (Phi) is 5.21. The molecule has 1 aromatic carbocycles. The summed E-state index contributed by atoms with van der Waals surface area (Å²) in [5.74, 6) is 1.24. The topological polar surface area (TPSA) is 50.4 Å². The maximum Gasteiger partial charge on any atom is 0.224 e. The van der Waals surface area contributed by atoms with E-state index in [1.54, 1.807) is 7.11 Å². The maximum atomic E-state index is 11.8. The van der Waals surface area contributed by atoms with E-state index in [4.69, 9.17) is 4.74 Å². The van der Waals surface area contributed by atoms with Crippen molar-refractivity contribution in [2.24, 2.45) is 5.92 Å². The summed E-state index contributed by atoms with van der Waals surface area (Å²) in [4.78, 5) is 11.8. The standard InChI is InChI=1S/C15H22N2O2/c1-19-14-6-2-4-12(10-14)5-3-8-17-15(18)13-7-9-16-11-13/h2,4,6,10,13,16H,3,5,7-9,11H2,1H3,(H,17,18). The van der Waals surface area contributed by atoms with Crippen LogP contribution in [0.2, 0.25) is 0 Å². The molecule has 0 radical (unpaired) electrons. The van der Waals surface area contributed by atoms with E-state index in [9.17, 15) is 4.79 Å². The highest BCUT2D eigenvalue weighted by Crippen LogP contribution is 2.13. The Morgan fingerprint density at radius 1 is 1.53 bits per heavy atom. The van der Waals surface area contributed by atoms with E-state index < -0.39 is 0 Å². The average Bonchev–Trinajstić information content (AvgIpc) is 2.98. The minimum absolute atomic E-state index is 0.164. The monoisotopic (exact) mass is 262 g/mol. The van der Waals surface area contributed by atoms with Crippen LogP contribution in [0, 0.1) is 5.92 Å². The molecule has 1 aliphatic rings. The first-order valence-corrected chi connectivity index (χ1v) is 6.91. The third-order valence-electron chi connectivity index (χ3n) is 3.51. The van der Waals surface area contributed by atoms with Gasteiger partial charge in [-0.15, -0.1) is 0 Å². The van der Waals surface area contributed by atoms with Crippen molar-refractivity contribution in [3.8, 4) is 5.75 Å². The fourth-order valence-corrected chi connectivity index (χ4v) is 2.35. The third kappa shape index (κ3) is 4.24. The summed E-state index contributed by atoms with van der Waals surface area (Å²) in [5, 5.41) is 6.22. The first-order chi connectivity index (χ1) is 9.29. The van der Waals surface area contributed by atoms with Crippen molar-refractivity contribution in [3.63, 3.8) is 0 Å².